The van der Waals surface area contributed by atoms with E-state index in [0.29, 0.717) is 17.3 Å². The van der Waals surface area contributed by atoms with Crippen LogP contribution in [0.5, 0.6) is 0 Å². The average molecular weight is 393 g/mol. The lowest BCUT2D eigenvalue weighted by Gasteiger charge is -2.18. The number of halogens is 2. The van der Waals surface area contributed by atoms with Gasteiger partial charge >= 0.3 is 0 Å². The Morgan fingerprint density at radius 1 is 1.26 bits per heavy atom. The number of amidine groups is 1. The molecule has 1 unspecified atom stereocenters. The molecular formula is C17H14BrFN2OS. The predicted octanol–water partition coefficient (Wildman–Crippen LogP) is 4.44. The first-order chi connectivity index (χ1) is 10.9. The highest BCUT2D eigenvalue weighted by Crippen LogP contribution is 2.36. The van der Waals surface area contributed by atoms with Crippen LogP contribution < -0.4 is 5.32 Å². The fourth-order valence-electron chi connectivity index (χ4n) is 2.35. The van der Waals surface area contributed by atoms with Gasteiger partial charge in [-0.05, 0) is 55.3 Å². The van der Waals surface area contributed by atoms with Crippen LogP contribution in [0, 0.1) is 5.82 Å². The molecule has 0 aliphatic carbocycles. The number of rotatable bonds is 3. The maximum atomic E-state index is 12.9. The quantitative estimate of drug-likeness (QED) is 0.838. The fraction of sp³-hybridized carbons (Fsp3) is 0.176. The molecule has 1 heterocycles. The molecule has 1 saturated heterocycles. The van der Waals surface area contributed by atoms with Crippen molar-refractivity contribution in [3.63, 3.8) is 0 Å². The summed E-state index contributed by atoms with van der Waals surface area (Å²) in [6.45, 7) is 1.90. The molecule has 0 saturated carbocycles. The Balaban J connectivity index is 1.79. The minimum atomic E-state index is -0.611. The van der Waals surface area contributed by atoms with E-state index in [1.807, 2.05) is 31.2 Å². The zero-order chi connectivity index (χ0) is 16.4. The Kier molecular flexibility index (Phi) is 4.55. The number of thioether (sulfide) groups is 1. The van der Waals surface area contributed by atoms with Crippen LogP contribution in [0.25, 0.3) is 0 Å². The van der Waals surface area contributed by atoms with E-state index in [2.05, 4.69) is 26.2 Å². The standard InChI is InChI=1S/C17H14BrFN2OS/c1-17(10-11-3-2-4-12(18)9-11)15(22)21-16(23-17)20-14-7-5-13(19)6-8-14/h2-9H,10H2,1H3,(H,20,21,22). The van der Waals surface area contributed by atoms with Gasteiger partial charge in [0.05, 0.1) is 5.69 Å². The zero-order valence-electron chi connectivity index (χ0n) is 12.3. The van der Waals surface area contributed by atoms with Crippen LogP contribution in [-0.4, -0.2) is 15.8 Å². The molecule has 1 fully saturated rings. The smallest absolute Gasteiger partial charge is 0.242 e. The predicted molar refractivity (Wildman–Crippen MR) is 95.5 cm³/mol. The zero-order valence-corrected chi connectivity index (χ0v) is 14.7. The summed E-state index contributed by atoms with van der Waals surface area (Å²) in [7, 11) is 0. The molecule has 1 aliphatic heterocycles. The second kappa shape index (κ2) is 6.45. The summed E-state index contributed by atoms with van der Waals surface area (Å²) >= 11 is 4.85. The fourth-order valence-corrected chi connectivity index (χ4v) is 3.90. The van der Waals surface area contributed by atoms with Gasteiger partial charge in [-0.3, -0.25) is 4.79 Å². The summed E-state index contributed by atoms with van der Waals surface area (Å²) in [5.74, 6) is -0.375. The highest BCUT2D eigenvalue weighted by molar-refractivity contribution is 9.10. The van der Waals surface area contributed by atoms with Gasteiger partial charge in [0.1, 0.15) is 10.6 Å². The Bertz CT molecular complexity index is 778. The molecule has 2 aromatic rings. The molecule has 6 heteroatoms. The van der Waals surface area contributed by atoms with Gasteiger partial charge in [-0.2, -0.15) is 0 Å². The largest absolute Gasteiger partial charge is 0.304 e. The summed E-state index contributed by atoms with van der Waals surface area (Å²) in [5.41, 5.74) is 1.69. The van der Waals surface area contributed by atoms with Crippen molar-refractivity contribution in [1.29, 1.82) is 0 Å². The van der Waals surface area contributed by atoms with Crippen molar-refractivity contribution in [2.45, 2.75) is 18.1 Å². The van der Waals surface area contributed by atoms with Crippen LogP contribution in [0.2, 0.25) is 0 Å². The number of hydrogen-bond donors (Lipinski definition) is 1. The third kappa shape index (κ3) is 3.82. The number of benzene rings is 2. The van der Waals surface area contributed by atoms with Crippen molar-refractivity contribution in [3.05, 3.63) is 64.4 Å². The number of nitrogens with one attached hydrogen (secondary N) is 1. The Morgan fingerprint density at radius 3 is 2.70 bits per heavy atom. The van der Waals surface area contributed by atoms with Crippen molar-refractivity contribution in [3.8, 4) is 0 Å². The molecule has 23 heavy (non-hydrogen) atoms. The Labute approximate surface area is 146 Å². The molecule has 1 aliphatic rings. The van der Waals surface area contributed by atoms with Crippen LogP contribution in [0.3, 0.4) is 0 Å². The van der Waals surface area contributed by atoms with Gasteiger partial charge in [-0.25, -0.2) is 9.38 Å². The molecule has 3 nitrogen and oxygen atoms in total. The highest BCUT2D eigenvalue weighted by Gasteiger charge is 2.42. The molecule has 1 atom stereocenters. The lowest BCUT2D eigenvalue weighted by molar-refractivity contribution is -0.121. The normalized spacial score (nSPS) is 22.4. The van der Waals surface area contributed by atoms with E-state index < -0.39 is 4.75 Å². The SMILES string of the molecule is CC1(Cc2cccc(Br)c2)SC(=Nc2ccc(F)cc2)NC1=O. The van der Waals surface area contributed by atoms with Crippen LogP contribution in [0.15, 0.2) is 58.0 Å². The molecule has 0 radical (unpaired) electrons. The maximum Gasteiger partial charge on any atom is 0.242 e. The first kappa shape index (κ1) is 16.2. The second-order valence-electron chi connectivity index (χ2n) is 5.49. The van der Waals surface area contributed by atoms with Crippen LogP contribution in [0.1, 0.15) is 12.5 Å². The summed E-state index contributed by atoms with van der Waals surface area (Å²) in [6.07, 6.45) is 0.603. The maximum absolute atomic E-state index is 12.9. The second-order valence-corrected chi connectivity index (χ2v) is 7.89. The van der Waals surface area contributed by atoms with E-state index in [0.717, 1.165) is 10.0 Å². The third-order valence-electron chi connectivity index (χ3n) is 3.51. The summed E-state index contributed by atoms with van der Waals surface area (Å²) in [4.78, 5) is 16.7. The van der Waals surface area contributed by atoms with Crippen LogP contribution in [0.4, 0.5) is 10.1 Å². The van der Waals surface area contributed by atoms with Crippen molar-refractivity contribution < 1.29 is 9.18 Å². The molecule has 118 valence electrons. The van der Waals surface area contributed by atoms with Crippen LogP contribution >= 0.6 is 27.7 Å². The van der Waals surface area contributed by atoms with Gasteiger partial charge in [0.2, 0.25) is 5.91 Å². The lowest BCUT2D eigenvalue weighted by atomic mass is 9.99. The summed E-state index contributed by atoms with van der Waals surface area (Å²) < 4.78 is 13.3. The third-order valence-corrected chi connectivity index (χ3v) is 5.17. The monoisotopic (exact) mass is 392 g/mol. The molecule has 0 aromatic heterocycles. The molecule has 0 bridgehead atoms. The van der Waals surface area contributed by atoms with Gasteiger partial charge in [-0.15, -0.1) is 0 Å². The average Bonchev–Trinajstić information content (AvgIpc) is 2.75. The number of nitrogens with zero attached hydrogens (tertiary/aromatic N) is 1. The van der Waals surface area contributed by atoms with Crippen LogP contribution in [-0.2, 0) is 11.2 Å². The van der Waals surface area contributed by atoms with Gasteiger partial charge in [0, 0.05) is 4.47 Å². The van der Waals surface area contributed by atoms with Crippen molar-refractivity contribution >= 4 is 44.5 Å². The van der Waals surface area contributed by atoms with Crippen molar-refractivity contribution in [2.24, 2.45) is 4.99 Å². The highest BCUT2D eigenvalue weighted by atomic mass is 79.9. The minimum Gasteiger partial charge on any atom is -0.304 e. The number of hydrogen-bond acceptors (Lipinski definition) is 3. The summed E-state index contributed by atoms with van der Waals surface area (Å²) in [5, 5.41) is 3.35. The van der Waals surface area contributed by atoms with Crippen molar-refractivity contribution in [1.82, 2.24) is 5.32 Å². The van der Waals surface area contributed by atoms with Gasteiger partial charge in [-0.1, -0.05) is 39.8 Å². The van der Waals surface area contributed by atoms with Gasteiger partial charge in [0.15, 0.2) is 5.17 Å². The number of amides is 1. The summed E-state index contributed by atoms with van der Waals surface area (Å²) in [6, 6.07) is 13.8. The Morgan fingerprint density at radius 2 is 2.00 bits per heavy atom. The van der Waals surface area contributed by atoms with Gasteiger partial charge in [0.25, 0.3) is 0 Å². The number of carbonyl (C=O) groups excluding carboxylic acids is 1. The van der Waals surface area contributed by atoms with Gasteiger partial charge < -0.3 is 5.32 Å². The topological polar surface area (TPSA) is 41.5 Å². The molecule has 0 spiro atoms. The van der Waals surface area contributed by atoms with E-state index in [4.69, 9.17) is 0 Å². The number of carbonyl (C=O) groups is 1. The molecule has 2 aromatic carbocycles. The van der Waals surface area contributed by atoms with Crippen molar-refractivity contribution in [2.75, 3.05) is 0 Å². The Hall–Kier alpha value is -1.66. The lowest BCUT2D eigenvalue weighted by Crippen LogP contribution is -2.35. The minimum absolute atomic E-state index is 0.0664. The first-order valence-electron chi connectivity index (χ1n) is 7.04. The molecule has 1 amide bonds. The molecular weight excluding hydrogens is 379 g/mol. The van der Waals surface area contributed by atoms with E-state index in [-0.39, 0.29) is 11.7 Å². The molecule has 3 rings (SSSR count). The number of aliphatic imine (C=N–C) groups is 1. The van der Waals surface area contributed by atoms with E-state index >= 15 is 0 Å². The molecule has 1 N–H and O–H groups in total. The van der Waals surface area contributed by atoms with E-state index in [9.17, 15) is 9.18 Å². The van der Waals surface area contributed by atoms with E-state index in [1.54, 1.807) is 12.1 Å². The first-order valence-corrected chi connectivity index (χ1v) is 8.65. The van der Waals surface area contributed by atoms with E-state index in [1.165, 1.54) is 23.9 Å².